The van der Waals surface area contributed by atoms with Gasteiger partial charge in [-0.05, 0) is 6.42 Å². The van der Waals surface area contributed by atoms with Gasteiger partial charge in [0.15, 0.2) is 5.13 Å². The number of nitrogens with two attached hydrogens (primary N) is 2. The Labute approximate surface area is 103 Å². The summed E-state index contributed by atoms with van der Waals surface area (Å²) in [5.41, 5.74) is 10.5. The number of carbonyl (C=O) groups is 2. The molecule has 0 bridgehead atoms. The maximum Gasteiger partial charge on any atom is 0.265 e. The molecule has 0 aromatic carbocycles. The van der Waals surface area contributed by atoms with Crippen molar-refractivity contribution in [1.29, 1.82) is 0 Å². The number of anilines is 2. The molecule has 0 spiro atoms. The lowest BCUT2D eigenvalue weighted by molar-refractivity contribution is -0.117. The van der Waals surface area contributed by atoms with Crippen molar-refractivity contribution in [3.8, 4) is 0 Å². The van der Waals surface area contributed by atoms with Crippen molar-refractivity contribution in [1.82, 2.24) is 10.3 Å². The zero-order chi connectivity index (χ0) is 12.8. The van der Waals surface area contributed by atoms with Crippen molar-refractivity contribution in [2.24, 2.45) is 5.73 Å². The van der Waals surface area contributed by atoms with Gasteiger partial charge in [-0.25, -0.2) is 4.98 Å². The molecule has 8 heteroatoms. The summed E-state index contributed by atoms with van der Waals surface area (Å²) >= 11 is 1.15. The average molecular weight is 257 g/mol. The molecule has 2 amide bonds. The zero-order valence-corrected chi connectivity index (χ0v) is 10.3. The number of hydrogen-bond acceptors (Lipinski definition) is 6. The summed E-state index contributed by atoms with van der Waals surface area (Å²) < 4.78 is 0. The van der Waals surface area contributed by atoms with Crippen LogP contribution in [0.3, 0.4) is 0 Å². The van der Waals surface area contributed by atoms with Gasteiger partial charge in [0.25, 0.3) is 5.91 Å². The van der Waals surface area contributed by atoms with E-state index < -0.39 is 11.8 Å². The van der Waals surface area contributed by atoms with Crippen LogP contribution in [0, 0.1) is 0 Å². The third kappa shape index (κ3) is 3.91. The first kappa shape index (κ1) is 13.2. The van der Waals surface area contributed by atoms with E-state index in [1.807, 2.05) is 6.92 Å². The lowest BCUT2D eigenvalue weighted by Crippen LogP contribution is -2.33. The highest BCUT2D eigenvalue weighted by Crippen LogP contribution is 2.24. The van der Waals surface area contributed by atoms with Crippen LogP contribution < -0.4 is 22.1 Å². The molecule has 0 aliphatic rings. The quantitative estimate of drug-likeness (QED) is 0.560. The first-order chi connectivity index (χ1) is 8.04. The molecule has 6 N–H and O–H groups in total. The normalized spacial score (nSPS) is 9.94. The number of hydrogen-bond donors (Lipinski definition) is 4. The fourth-order valence-corrected chi connectivity index (χ4v) is 1.88. The fraction of sp³-hybridized carbons (Fsp3) is 0.444. The zero-order valence-electron chi connectivity index (χ0n) is 9.45. The van der Waals surface area contributed by atoms with Gasteiger partial charge in [-0.1, -0.05) is 18.3 Å². The standard InChI is InChI=1S/C9H15N5O2S/c1-2-3-12-9-14-7(11)6(17-9)8(16)13-4-5(10)15/h2-4,11H2,1H3,(H2,10,15)(H,12,14)(H,13,16). The summed E-state index contributed by atoms with van der Waals surface area (Å²) in [4.78, 5) is 26.4. The van der Waals surface area contributed by atoms with Crippen LogP contribution in [0.2, 0.25) is 0 Å². The van der Waals surface area contributed by atoms with Gasteiger partial charge in [0.05, 0.1) is 6.54 Å². The van der Waals surface area contributed by atoms with E-state index in [9.17, 15) is 9.59 Å². The maximum absolute atomic E-state index is 11.6. The third-order valence-electron chi connectivity index (χ3n) is 1.81. The number of amides is 2. The molecule has 1 heterocycles. The Balaban J connectivity index is 2.66. The van der Waals surface area contributed by atoms with Gasteiger partial charge in [-0.2, -0.15) is 0 Å². The van der Waals surface area contributed by atoms with Gasteiger partial charge in [-0.15, -0.1) is 0 Å². The highest BCUT2D eigenvalue weighted by molar-refractivity contribution is 7.18. The van der Waals surface area contributed by atoms with Crippen molar-refractivity contribution in [2.75, 3.05) is 24.1 Å². The lowest BCUT2D eigenvalue weighted by Gasteiger charge is -1.99. The number of nitrogen functional groups attached to an aromatic ring is 1. The average Bonchev–Trinajstić information content (AvgIpc) is 2.64. The second-order valence-corrected chi connectivity index (χ2v) is 4.31. The topological polar surface area (TPSA) is 123 Å². The molecule has 0 aliphatic heterocycles. The van der Waals surface area contributed by atoms with Crippen LogP contribution in [0.4, 0.5) is 10.9 Å². The molecule has 0 fully saturated rings. The van der Waals surface area contributed by atoms with Gasteiger partial charge in [-0.3, -0.25) is 9.59 Å². The lowest BCUT2D eigenvalue weighted by atomic mass is 10.4. The SMILES string of the molecule is CCCNc1nc(N)c(C(=O)NCC(N)=O)s1. The smallest absolute Gasteiger partial charge is 0.265 e. The third-order valence-corrected chi connectivity index (χ3v) is 2.84. The van der Waals surface area contributed by atoms with Crippen LogP contribution in [-0.4, -0.2) is 29.9 Å². The van der Waals surface area contributed by atoms with E-state index in [4.69, 9.17) is 11.5 Å². The molecule has 1 rings (SSSR count). The number of nitrogens with one attached hydrogen (secondary N) is 2. The van der Waals surface area contributed by atoms with Crippen molar-refractivity contribution in [3.05, 3.63) is 4.88 Å². The minimum Gasteiger partial charge on any atom is -0.382 e. The highest BCUT2D eigenvalue weighted by atomic mass is 32.1. The Hall–Kier alpha value is -1.83. The van der Waals surface area contributed by atoms with Crippen LogP contribution in [-0.2, 0) is 4.79 Å². The molecular formula is C9H15N5O2S. The van der Waals surface area contributed by atoms with E-state index >= 15 is 0 Å². The monoisotopic (exact) mass is 257 g/mol. The number of aromatic nitrogens is 1. The van der Waals surface area contributed by atoms with Crippen LogP contribution in [0.25, 0.3) is 0 Å². The molecule has 0 saturated carbocycles. The summed E-state index contributed by atoms with van der Waals surface area (Å²) in [6.45, 7) is 2.56. The number of carbonyl (C=O) groups excluding carboxylic acids is 2. The molecule has 0 radical (unpaired) electrons. The van der Waals surface area contributed by atoms with Crippen molar-refractivity contribution in [2.45, 2.75) is 13.3 Å². The summed E-state index contributed by atoms with van der Waals surface area (Å²) in [7, 11) is 0. The van der Waals surface area contributed by atoms with Crippen LogP contribution in [0.15, 0.2) is 0 Å². The summed E-state index contributed by atoms with van der Waals surface area (Å²) in [5, 5.41) is 5.98. The molecule has 1 aromatic heterocycles. The van der Waals surface area contributed by atoms with Gasteiger partial charge >= 0.3 is 0 Å². The molecule has 0 unspecified atom stereocenters. The van der Waals surface area contributed by atoms with Gasteiger partial charge in [0, 0.05) is 6.54 Å². The van der Waals surface area contributed by atoms with Gasteiger partial charge in [0.2, 0.25) is 5.91 Å². The van der Waals surface area contributed by atoms with Crippen LogP contribution in [0.5, 0.6) is 0 Å². The van der Waals surface area contributed by atoms with Crippen LogP contribution >= 0.6 is 11.3 Å². The van der Waals surface area contributed by atoms with E-state index in [1.54, 1.807) is 0 Å². The molecular weight excluding hydrogens is 242 g/mol. The molecule has 17 heavy (non-hydrogen) atoms. The number of primary amides is 1. The van der Waals surface area contributed by atoms with Gasteiger partial charge in [0.1, 0.15) is 10.7 Å². The Morgan fingerprint density at radius 2 is 2.18 bits per heavy atom. The van der Waals surface area contributed by atoms with E-state index in [2.05, 4.69) is 15.6 Å². The minimum absolute atomic E-state index is 0.149. The summed E-state index contributed by atoms with van der Waals surface area (Å²) in [6, 6.07) is 0. The number of thiazole rings is 1. The van der Waals surface area contributed by atoms with Crippen molar-refractivity contribution >= 4 is 34.1 Å². The van der Waals surface area contributed by atoms with E-state index in [1.165, 1.54) is 0 Å². The predicted octanol–water partition coefficient (Wildman–Crippen LogP) is -0.238. The van der Waals surface area contributed by atoms with Crippen molar-refractivity contribution < 1.29 is 9.59 Å². The number of nitrogens with zero attached hydrogens (tertiary/aromatic N) is 1. The Morgan fingerprint density at radius 3 is 2.76 bits per heavy atom. The molecule has 0 aliphatic carbocycles. The van der Waals surface area contributed by atoms with E-state index in [0.29, 0.717) is 5.13 Å². The Kier molecular flexibility index (Phi) is 4.70. The van der Waals surface area contributed by atoms with Crippen LogP contribution in [0.1, 0.15) is 23.0 Å². The summed E-state index contributed by atoms with van der Waals surface area (Å²) in [6.07, 6.45) is 0.947. The molecule has 0 atom stereocenters. The van der Waals surface area contributed by atoms with E-state index in [0.717, 1.165) is 24.3 Å². The predicted molar refractivity (Wildman–Crippen MR) is 66.8 cm³/mol. The fourth-order valence-electron chi connectivity index (χ4n) is 1.05. The second-order valence-electron chi connectivity index (χ2n) is 3.31. The Bertz CT molecular complexity index is 418. The highest BCUT2D eigenvalue weighted by Gasteiger charge is 2.16. The molecule has 7 nitrogen and oxygen atoms in total. The Morgan fingerprint density at radius 1 is 1.47 bits per heavy atom. The first-order valence-corrected chi connectivity index (χ1v) is 5.93. The summed E-state index contributed by atoms with van der Waals surface area (Å²) in [5.74, 6) is -0.898. The second kappa shape index (κ2) is 6.04. The minimum atomic E-state index is -0.606. The molecule has 0 saturated heterocycles. The maximum atomic E-state index is 11.6. The molecule has 94 valence electrons. The van der Waals surface area contributed by atoms with Crippen molar-refractivity contribution in [3.63, 3.8) is 0 Å². The van der Waals surface area contributed by atoms with E-state index in [-0.39, 0.29) is 17.2 Å². The first-order valence-electron chi connectivity index (χ1n) is 5.11. The van der Waals surface area contributed by atoms with Gasteiger partial charge < -0.3 is 22.1 Å². The number of rotatable bonds is 6. The molecule has 1 aromatic rings. The largest absolute Gasteiger partial charge is 0.382 e.